The fourth-order valence-electron chi connectivity index (χ4n) is 1.92. The molecule has 1 aromatic rings. The lowest BCUT2D eigenvalue weighted by Gasteiger charge is -2.21. The van der Waals surface area contributed by atoms with Crippen LogP contribution in [0.25, 0.3) is 0 Å². The van der Waals surface area contributed by atoms with Crippen LogP contribution in [-0.2, 0) is 4.79 Å². The van der Waals surface area contributed by atoms with Gasteiger partial charge in [0.05, 0.1) is 13.0 Å². The number of benzene rings is 1. The van der Waals surface area contributed by atoms with Crippen LogP contribution in [0.15, 0.2) is 12.1 Å². The van der Waals surface area contributed by atoms with Crippen molar-refractivity contribution >= 4 is 5.97 Å². The van der Waals surface area contributed by atoms with Crippen molar-refractivity contribution in [2.45, 2.75) is 33.6 Å². The molecule has 0 heterocycles. The van der Waals surface area contributed by atoms with Gasteiger partial charge in [-0.3, -0.25) is 4.79 Å². The Bertz CT molecular complexity index is 424. The molecule has 0 aliphatic heterocycles. The molecule has 0 fully saturated rings. The van der Waals surface area contributed by atoms with E-state index in [-0.39, 0.29) is 5.92 Å². The summed E-state index contributed by atoms with van der Waals surface area (Å²) in [5.41, 5.74) is 3.20. The minimum absolute atomic E-state index is 0.0678. The lowest BCUT2D eigenvalue weighted by molar-refractivity contribution is -0.141. The number of carbonyl (C=O) groups is 1. The van der Waals surface area contributed by atoms with Gasteiger partial charge < -0.3 is 9.84 Å². The molecule has 2 unspecified atom stereocenters. The molecule has 0 aliphatic rings. The predicted molar refractivity (Wildman–Crippen MR) is 67.7 cm³/mol. The van der Waals surface area contributed by atoms with E-state index in [0.29, 0.717) is 0 Å². The molecule has 3 nitrogen and oxygen atoms in total. The van der Waals surface area contributed by atoms with E-state index in [1.54, 1.807) is 14.0 Å². The maximum atomic E-state index is 11.0. The lowest BCUT2D eigenvalue weighted by atomic mass is 9.86. The molecule has 0 saturated carbocycles. The molecule has 0 bridgehead atoms. The van der Waals surface area contributed by atoms with E-state index >= 15 is 0 Å². The Hall–Kier alpha value is -1.51. The number of methoxy groups -OCH3 is 1. The highest BCUT2D eigenvalue weighted by Gasteiger charge is 2.24. The number of hydrogen-bond acceptors (Lipinski definition) is 2. The second kappa shape index (κ2) is 5.21. The van der Waals surface area contributed by atoms with Crippen LogP contribution in [0.3, 0.4) is 0 Å². The minimum Gasteiger partial charge on any atom is -0.496 e. The second-order valence-corrected chi connectivity index (χ2v) is 4.55. The molecule has 1 rings (SSSR count). The van der Waals surface area contributed by atoms with Crippen molar-refractivity contribution in [2.24, 2.45) is 5.92 Å². The molecule has 2 atom stereocenters. The molecule has 0 amide bonds. The van der Waals surface area contributed by atoms with Crippen molar-refractivity contribution in [2.75, 3.05) is 7.11 Å². The Balaban J connectivity index is 3.22. The van der Waals surface area contributed by atoms with E-state index in [4.69, 9.17) is 9.84 Å². The number of carboxylic acid groups (broad SMARTS) is 1. The molecule has 0 radical (unpaired) electrons. The highest BCUT2D eigenvalue weighted by atomic mass is 16.5. The van der Waals surface area contributed by atoms with Gasteiger partial charge in [0.25, 0.3) is 0 Å². The van der Waals surface area contributed by atoms with Crippen LogP contribution in [0.1, 0.15) is 36.5 Å². The lowest BCUT2D eigenvalue weighted by Crippen LogP contribution is -2.17. The molecule has 1 N–H and O–H groups in total. The zero-order valence-corrected chi connectivity index (χ0v) is 11.1. The maximum Gasteiger partial charge on any atom is 0.306 e. The Kier molecular flexibility index (Phi) is 4.16. The number of carboxylic acids is 1. The van der Waals surface area contributed by atoms with Crippen molar-refractivity contribution in [3.8, 4) is 5.75 Å². The van der Waals surface area contributed by atoms with Gasteiger partial charge in [0.1, 0.15) is 5.75 Å². The predicted octanol–water partition coefficient (Wildman–Crippen LogP) is 3.14. The third-order valence-electron chi connectivity index (χ3n) is 3.54. The summed E-state index contributed by atoms with van der Waals surface area (Å²) in [7, 11) is 1.63. The summed E-state index contributed by atoms with van der Waals surface area (Å²) < 4.78 is 5.42. The van der Waals surface area contributed by atoms with Crippen LogP contribution < -0.4 is 4.74 Å². The van der Waals surface area contributed by atoms with Crippen molar-refractivity contribution in [3.63, 3.8) is 0 Å². The van der Waals surface area contributed by atoms with Crippen molar-refractivity contribution in [3.05, 3.63) is 28.8 Å². The first-order valence-electron chi connectivity index (χ1n) is 5.77. The monoisotopic (exact) mass is 236 g/mol. The Labute approximate surface area is 102 Å². The summed E-state index contributed by atoms with van der Waals surface area (Å²) in [5.74, 6) is -0.462. The van der Waals surface area contributed by atoms with E-state index in [1.165, 1.54) is 0 Å². The van der Waals surface area contributed by atoms with E-state index in [0.717, 1.165) is 22.4 Å². The maximum absolute atomic E-state index is 11.0. The van der Waals surface area contributed by atoms with Crippen molar-refractivity contribution < 1.29 is 14.6 Å². The number of hydrogen-bond donors (Lipinski definition) is 1. The average Bonchev–Trinajstić information content (AvgIpc) is 2.30. The summed E-state index contributed by atoms with van der Waals surface area (Å²) in [6, 6.07) is 3.98. The first kappa shape index (κ1) is 13.6. The van der Waals surface area contributed by atoms with Gasteiger partial charge in [0.2, 0.25) is 0 Å². The van der Waals surface area contributed by atoms with Crippen molar-refractivity contribution in [1.82, 2.24) is 0 Å². The molecule has 94 valence electrons. The molecule has 0 aromatic heterocycles. The number of aliphatic carboxylic acids is 1. The van der Waals surface area contributed by atoms with Gasteiger partial charge in [-0.05, 0) is 36.5 Å². The van der Waals surface area contributed by atoms with Crippen LogP contribution >= 0.6 is 0 Å². The standard InChI is InChI=1S/C14H20O3/c1-8-6-7-12(13(17-5)9(8)2)10(3)11(4)14(15)16/h6-7,10-11H,1-5H3,(H,15,16). The van der Waals surface area contributed by atoms with Gasteiger partial charge in [-0.25, -0.2) is 0 Å². The third-order valence-corrected chi connectivity index (χ3v) is 3.54. The molecule has 0 spiro atoms. The summed E-state index contributed by atoms with van der Waals surface area (Å²) in [6.45, 7) is 7.66. The zero-order valence-electron chi connectivity index (χ0n) is 11.1. The summed E-state index contributed by atoms with van der Waals surface area (Å²) in [6.07, 6.45) is 0. The normalized spacial score (nSPS) is 14.2. The SMILES string of the molecule is COc1c(C(C)C(C)C(=O)O)ccc(C)c1C. The minimum atomic E-state index is -0.780. The van der Waals surface area contributed by atoms with Gasteiger partial charge in [-0.15, -0.1) is 0 Å². The fraction of sp³-hybridized carbons (Fsp3) is 0.500. The Morgan fingerprint density at radius 1 is 1.29 bits per heavy atom. The summed E-state index contributed by atoms with van der Waals surface area (Å²) in [5, 5.41) is 9.06. The van der Waals surface area contributed by atoms with Crippen LogP contribution in [-0.4, -0.2) is 18.2 Å². The van der Waals surface area contributed by atoms with E-state index in [1.807, 2.05) is 32.9 Å². The van der Waals surface area contributed by atoms with Crippen LogP contribution in [0.4, 0.5) is 0 Å². The molecule has 0 aliphatic carbocycles. The fourth-order valence-corrected chi connectivity index (χ4v) is 1.92. The molecule has 17 heavy (non-hydrogen) atoms. The van der Waals surface area contributed by atoms with E-state index in [9.17, 15) is 4.79 Å². The van der Waals surface area contributed by atoms with Gasteiger partial charge >= 0.3 is 5.97 Å². The highest BCUT2D eigenvalue weighted by Crippen LogP contribution is 2.35. The summed E-state index contributed by atoms with van der Waals surface area (Å²) >= 11 is 0. The van der Waals surface area contributed by atoms with Crippen LogP contribution in [0, 0.1) is 19.8 Å². The quantitative estimate of drug-likeness (QED) is 0.873. The van der Waals surface area contributed by atoms with Gasteiger partial charge in [-0.2, -0.15) is 0 Å². The zero-order chi connectivity index (χ0) is 13.2. The first-order valence-corrected chi connectivity index (χ1v) is 5.77. The molecule has 1 aromatic carbocycles. The molecular formula is C14H20O3. The Morgan fingerprint density at radius 2 is 1.88 bits per heavy atom. The molecule has 0 saturated heterocycles. The smallest absolute Gasteiger partial charge is 0.306 e. The largest absolute Gasteiger partial charge is 0.496 e. The number of aryl methyl sites for hydroxylation is 1. The topological polar surface area (TPSA) is 46.5 Å². The summed E-state index contributed by atoms with van der Waals surface area (Å²) in [4.78, 5) is 11.0. The van der Waals surface area contributed by atoms with E-state index < -0.39 is 11.9 Å². The number of rotatable bonds is 4. The molecular weight excluding hydrogens is 216 g/mol. The van der Waals surface area contributed by atoms with Gasteiger partial charge in [0.15, 0.2) is 0 Å². The van der Waals surface area contributed by atoms with E-state index in [2.05, 4.69) is 0 Å². The van der Waals surface area contributed by atoms with Crippen LogP contribution in [0.5, 0.6) is 5.75 Å². The third kappa shape index (κ3) is 2.60. The second-order valence-electron chi connectivity index (χ2n) is 4.55. The van der Waals surface area contributed by atoms with Gasteiger partial charge in [-0.1, -0.05) is 26.0 Å². The number of ether oxygens (including phenoxy) is 1. The Morgan fingerprint density at radius 3 is 2.35 bits per heavy atom. The average molecular weight is 236 g/mol. The van der Waals surface area contributed by atoms with Gasteiger partial charge in [0, 0.05) is 0 Å². The van der Waals surface area contributed by atoms with Crippen molar-refractivity contribution in [1.29, 1.82) is 0 Å². The highest BCUT2D eigenvalue weighted by molar-refractivity contribution is 5.71. The first-order chi connectivity index (χ1) is 7.90. The molecule has 3 heteroatoms. The van der Waals surface area contributed by atoms with Crippen LogP contribution in [0.2, 0.25) is 0 Å².